The van der Waals surface area contributed by atoms with Crippen LogP contribution in [0.5, 0.6) is 0 Å². The van der Waals surface area contributed by atoms with E-state index in [2.05, 4.69) is 23.1 Å². The fourth-order valence-corrected chi connectivity index (χ4v) is 0.841. The third-order valence-corrected chi connectivity index (χ3v) is 1.83. The second-order valence-electron chi connectivity index (χ2n) is 1.89. The first-order valence-corrected chi connectivity index (χ1v) is 3.60. The Kier molecular flexibility index (Phi) is 4.87. The average molecular weight is 117 g/mol. The molecule has 0 saturated carbocycles. The summed E-state index contributed by atoms with van der Waals surface area (Å²) in [4.78, 5) is 0. The summed E-state index contributed by atoms with van der Waals surface area (Å²) < 4.78 is 0. The lowest BCUT2D eigenvalue weighted by Crippen LogP contribution is -1.91. The molecule has 1 unspecified atom stereocenters. The second-order valence-corrected chi connectivity index (χ2v) is 2.71. The highest BCUT2D eigenvalue weighted by atomic mass is 31.0. The van der Waals surface area contributed by atoms with Crippen molar-refractivity contribution in [3.8, 4) is 0 Å². The largest absolute Gasteiger partial charge is 0.555 e. The zero-order chi connectivity index (χ0) is 5.70. The van der Waals surface area contributed by atoms with E-state index in [0.717, 1.165) is 5.66 Å². The van der Waals surface area contributed by atoms with E-state index in [1.54, 1.807) is 0 Å². The van der Waals surface area contributed by atoms with Gasteiger partial charge in [-0.15, -0.1) is 0 Å². The molecule has 0 N–H and O–H groups in total. The molecule has 0 spiro atoms. The van der Waals surface area contributed by atoms with Crippen LogP contribution in [-0.4, -0.2) is 5.66 Å². The average Bonchev–Trinajstić information content (AvgIpc) is 1.68. The molecule has 1 heteroatoms. The highest BCUT2D eigenvalue weighted by Crippen LogP contribution is 2.10. The van der Waals surface area contributed by atoms with Crippen molar-refractivity contribution in [2.45, 2.75) is 38.8 Å². The van der Waals surface area contributed by atoms with Crippen LogP contribution >= 0.6 is 9.24 Å². The van der Waals surface area contributed by atoms with Gasteiger partial charge < -0.3 is 9.24 Å². The summed E-state index contributed by atoms with van der Waals surface area (Å²) in [5.74, 6) is 0. The molecule has 0 nitrogen and oxygen atoms in total. The van der Waals surface area contributed by atoms with Gasteiger partial charge in [0, 0.05) is 0 Å². The molecule has 0 heterocycles. The Labute approximate surface area is 48.9 Å². The lowest BCUT2D eigenvalue weighted by Gasteiger charge is -2.14. The summed E-state index contributed by atoms with van der Waals surface area (Å²) in [5, 5.41) is 0. The Morgan fingerprint density at radius 2 is 2.00 bits per heavy atom. The van der Waals surface area contributed by atoms with Crippen LogP contribution in [0, 0.1) is 0 Å². The van der Waals surface area contributed by atoms with Gasteiger partial charge in [-0.3, -0.25) is 0 Å². The fourth-order valence-electron chi connectivity index (χ4n) is 0.553. The van der Waals surface area contributed by atoms with Crippen LogP contribution in [-0.2, 0) is 0 Å². The second kappa shape index (κ2) is 4.59. The molecule has 0 amide bonds. The van der Waals surface area contributed by atoms with Gasteiger partial charge in [-0.1, -0.05) is 33.1 Å². The van der Waals surface area contributed by atoms with Gasteiger partial charge in [0.15, 0.2) is 0 Å². The van der Waals surface area contributed by atoms with Crippen LogP contribution in [0.25, 0.3) is 0 Å². The topological polar surface area (TPSA) is 0 Å². The van der Waals surface area contributed by atoms with Crippen molar-refractivity contribution in [1.29, 1.82) is 0 Å². The first-order chi connectivity index (χ1) is 3.31. The lowest BCUT2D eigenvalue weighted by atomic mass is 10.2. The van der Waals surface area contributed by atoms with Crippen LogP contribution in [0.4, 0.5) is 0 Å². The summed E-state index contributed by atoms with van der Waals surface area (Å²) in [5.41, 5.74) is 0.755. The van der Waals surface area contributed by atoms with Crippen molar-refractivity contribution >= 4 is 9.24 Å². The SMILES string of the molecule is CCCC([PH-])CC. The molecule has 0 fully saturated rings. The van der Waals surface area contributed by atoms with E-state index in [-0.39, 0.29) is 0 Å². The van der Waals surface area contributed by atoms with E-state index in [9.17, 15) is 0 Å². The molecule has 0 radical (unpaired) electrons. The fraction of sp³-hybridized carbons (Fsp3) is 1.00. The Bertz CT molecular complexity index is 35.2. The molecule has 0 aliphatic heterocycles. The van der Waals surface area contributed by atoms with Gasteiger partial charge in [-0.05, 0) is 0 Å². The summed E-state index contributed by atoms with van der Waals surface area (Å²) in [7, 11) is 3.58. The van der Waals surface area contributed by atoms with Gasteiger partial charge in [0.25, 0.3) is 0 Å². The predicted octanol–water partition coefficient (Wildman–Crippen LogP) is 2.71. The van der Waals surface area contributed by atoms with Gasteiger partial charge >= 0.3 is 0 Å². The maximum Gasteiger partial charge on any atom is -0.0582 e. The number of hydrogen-bond donors (Lipinski definition) is 0. The highest BCUT2D eigenvalue weighted by molar-refractivity contribution is 7.17. The van der Waals surface area contributed by atoms with Crippen LogP contribution in [0.3, 0.4) is 0 Å². The quantitative estimate of drug-likeness (QED) is 0.498. The summed E-state index contributed by atoms with van der Waals surface area (Å²) in [6.07, 6.45) is 3.86. The highest BCUT2D eigenvalue weighted by Gasteiger charge is 1.83. The van der Waals surface area contributed by atoms with Crippen molar-refractivity contribution < 1.29 is 0 Å². The maximum atomic E-state index is 3.58. The van der Waals surface area contributed by atoms with Gasteiger partial charge in [-0.2, -0.15) is 5.66 Å². The molecule has 0 aromatic heterocycles. The minimum Gasteiger partial charge on any atom is -0.555 e. The smallest absolute Gasteiger partial charge is 0.0582 e. The molecule has 0 aliphatic carbocycles. The molecule has 44 valence electrons. The summed E-state index contributed by atoms with van der Waals surface area (Å²) in [6.45, 7) is 4.41. The van der Waals surface area contributed by atoms with E-state index in [0.29, 0.717) is 0 Å². The van der Waals surface area contributed by atoms with Crippen LogP contribution in [0.2, 0.25) is 0 Å². The Morgan fingerprint density at radius 1 is 1.43 bits per heavy atom. The van der Waals surface area contributed by atoms with Crippen LogP contribution in [0.1, 0.15) is 33.1 Å². The molecule has 0 saturated heterocycles. The van der Waals surface area contributed by atoms with Crippen molar-refractivity contribution in [2.75, 3.05) is 0 Å². The van der Waals surface area contributed by atoms with E-state index in [4.69, 9.17) is 0 Å². The third kappa shape index (κ3) is 4.28. The first kappa shape index (κ1) is 7.43. The Balaban J connectivity index is 2.83. The normalized spacial score (nSPS) is 14.1. The van der Waals surface area contributed by atoms with E-state index >= 15 is 0 Å². The van der Waals surface area contributed by atoms with E-state index < -0.39 is 0 Å². The Morgan fingerprint density at radius 3 is 2.14 bits per heavy atom. The molecule has 0 aromatic rings. The number of hydrogen-bond acceptors (Lipinski definition) is 0. The van der Waals surface area contributed by atoms with Gasteiger partial charge in [-0.25, -0.2) is 0 Å². The Hall–Kier alpha value is 0.430. The number of rotatable bonds is 3. The van der Waals surface area contributed by atoms with Gasteiger partial charge in [0.1, 0.15) is 0 Å². The molecular formula is C6H14P-. The minimum absolute atomic E-state index is 0.755. The predicted molar refractivity (Wildman–Crippen MR) is 37.3 cm³/mol. The molecule has 0 aromatic carbocycles. The lowest BCUT2D eigenvalue weighted by molar-refractivity contribution is 0.720. The molecule has 0 bridgehead atoms. The third-order valence-electron chi connectivity index (χ3n) is 1.13. The minimum atomic E-state index is 0.755. The van der Waals surface area contributed by atoms with Crippen molar-refractivity contribution in [3.63, 3.8) is 0 Å². The van der Waals surface area contributed by atoms with Gasteiger partial charge in [0.2, 0.25) is 0 Å². The monoisotopic (exact) mass is 117 g/mol. The molecular weight excluding hydrogens is 103 g/mol. The summed E-state index contributed by atoms with van der Waals surface area (Å²) >= 11 is 0. The van der Waals surface area contributed by atoms with Crippen molar-refractivity contribution in [2.24, 2.45) is 0 Å². The van der Waals surface area contributed by atoms with Crippen LogP contribution in [0.15, 0.2) is 0 Å². The summed E-state index contributed by atoms with van der Waals surface area (Å²) in [6, 6.07) is 0. The zero-order valence-electron chi connectivity index (χ0n) is 5.20. The van der Waals surface area contributed by atoms with Crippen molar-refractivity contribution in [1.82, 2.24) is 0 Å². The molecule has 0 rings (SSSR count). The zero-order valence-corrected chi connectivity index (χ0v) is 6.20. The van der Waals surface area contributed by atoms with Crippen LogP contribution < -0.4 is 0 Å². The molecule has 7 heavy (non-hydrogen) atoms. The standard InChI is InChI=1S/C6H14P/c1-3-5-6(7)4-2/h6-7H,3-5H2,1-2H3/q-1. The van der Waals surface area contributed by atoms with Gasteiger partial charge in [0.05, 0.1) is 0 Å². The first-order valence-electron chi connectivity index (χ1n) is 3.02. The van der Waals surface area contributed by atoms with E-state index in [1.165, 1.54) is 19.3 Å². The van der Waals surface area contributed by atoms with Crippen molar-refractivity contribution in [3.05, 3.63) is 0 Å². The maximum absolute atomic E-state index is 3.58. The van der Waals surface area contributed by atoms with E-state index in [1.807, 2.05) is 0 Å². The molecule has 1 atom stereocenters. The molecule has 0 aliphatic rings.